The average molecular weight is 346 g/mol. The van der Waals surface area contributed by atoms with E-state index in [0.29, 0.717) is 34.0 Å². The Morgan fingerprint density at radius 1 is 1.15 bits per heavy atom. The Balaban J connectivity index is 1.76. The summed E-state index contributed by atoms with van der Waals surface area (Å²) in [5.41, 5.74) is 3.05. The molecule has 0 N–H and O–H groups in total. The van der Waals surface area contributed by atoms with Crippen molar-refractivity contribution in [2.75, 3.05) is 0 Å². The summed E-state index contributed by atoms with van der Waals surface area (Å²) in [6.45, 7) is 3.84. The van der Waals surface area contributed by atoms with Crippen molar-refractivity contribution in [3.63, 3.8) is 0 Å². The molecule has 0 fully saturated rings. The van der Waals surface area contributed by atoms with E-state index in [1.165, 1.54) is 0 Å². The number of nitriles is 1. The minimum atomic E-state index is -0.394. The van der Waals surface area contributed by atoms with Crippen molar-refractivity contribution < 1.29 is 8.94 Å². The van der Waals surface area contributed by atoms with Gasteiger partial charge >= 0.3 is 5.76 Å². The summed E-state index contributed by atoms with van der Waals surface area (Å²) in [5.74, 6) is 0.303. The molecule has 0 atom stereocenters. The molecular formula is C19H14N4O3. The Morgan fingerprint density at radius 2 is 2.00 bits per heavy atom. The molecule has 128 valence electrons. The highest BCUT2D eigenvalue weighted by atomic mass is 16.5. The van der Waals surface area contributed by atoms with Crippen LogP contribution in [0.25, 0.3) is 33.9 Å². The molecule has 2 heterocycles. The summed E-state index contributed by atoms with van der Waals surface area (Å²) >= 11 is 0. The van der Waals surface area contributed by atoms with Gasteiger partial charge in [0.2, 0.25) is 5.82 Å². The van der Waals surface area contributed by atoms with E-state index in [-0.39, 0.29) is 6.04 Å². The van der Waals surface area contributed by atoms with Crippen LogP contribution in [0, 0.1) is 11.3 Å². The summed E-state index contributed by atoms with van der Waals surface area (Å²) in [5, 5.41) is 13.0. The third kappa shape index (κ3) is 2.58. The Kier molecular flexibility index (Phi) is 3.66. The van der Waals surface area contributed by atoms with Crippen LogP contribution in [0.2, 0.25) is 0 Å². The van der Waals surface area contributed by atoms with Gasteiger partial charge in [-0.15, -0.1) is 0 Å². The zero-order valence-corrected chi connectivity index (χ0v) is 14.1. The zero-order chi connectivity index (χ0) is 18.3. The van der Waals surface area contributed by atoms with E-state index in [4.69, 9.17) is 14.2 Å². The first-order valence-corrected chi connectivity index (χ1v) is 8.06. The zero-order valence-electron chi connectivity index (χ0n) is 14.1. The van der Waals surface area contributed by atoms with Crippen LogP contribution in [0.15, 0.2) is 56.2 Å². The normalized spacial score (nSPS) is 11.2. The van der Waals surface area contributed by atoms with Gasteiger partial charge in [-0.25, -0.2) is 4.79 Å². The number of benzene rings is 2. The van der Waals surface area contributed by atoms with Crippen LogP contribution in [-0.4, -0.2) is 14.7 Å². The van der Waals surface area contributed by atoms with E-state index >= 15 is 0 Å². The molecule has 0 radical (unpaired) electrons. The van der Waals surface area contributed by atoms with Crippen LogP contribution >= 0.6 is 0 Å². The first-order valence-electron chi connectivity index (χ1n) is 8.06. The fourth-order valence-electron chi connectivity index (χ4n) is 2.84. The van der Waals surface area contributed by atoms with Crippen molar-refractivity contribution in [1.82, 2.24) is 14.7 Å². The lowest BCUT2D eigenvalue weighted by Gasteiger charge is -2.04. The quantitative estimate of drug-likeness (QED) is 0.560. The van der Waals surface area contributed by atoms with E-state index in [9.17, 15) is 4.79 Å². The molecule has 0 aliphatic rings. The Bertz CT molecular complexity index is 1210. The molecule has 0 amide bonds. The van der Waals surface area contributed by atoms with Crippen molar-refractivity contribution in [2.24, 2.45) is 0 Å². The van der Waals surface area contributed by atoms with Gasteiger partial charge in [-0.3, -0.25) is 4.57 Å². The predicted octanol–water partition coefficient (Wildman–Crippen LogP) is 3.76. The van der Waals surface area contributed by atoms with Gasteiger partial charge in [0.1, 0.15) is 0 Å². The van der Waals surface area contributed by atoms with Crippen LogP contribution in [-0.2, 0) is 0 Å². The molecule has 0 saturated heterocycles. The van der Waals surface area contributed by atoms with E-state index in [1.54, 1.807) is 34.9 Å². The van der Waals surface area contributed by atoms with E-state index in [2.05, 4.69) is 16.2 Å². The largest absolute Gasteiger partial charge is 0.420 e. The molecule has 0 aliphatic carbocycles. The highest BCUT2D eigenvalue weighted by Gasteiger charge is 2.16. The highest BCUT2D eigenvalue weighted by molar-refractivity contribution is 5.79. The Labute approximate surface area is 148 Å². The highest BCUT2D eigenvalue weighted by Crippen LogP contribution is 2.26. The summed E-state index contributed by atoms with van der Waals surface area (Å²) < 4.78 is 12.2. The Morgan fingerprint density at radius 3 is 2.77 bits per heavy atom. The fraction of sp³-hybridized carbons (Fsp3) is 0.158. The lowest BCUT2D eigenvalue weighted by Crippen LogP contribution is -2.15. The predicted molar refractivity (Wildman–Crippen MR) is 94.3 cm³/mol. The lowest BCUT2D eigenvalue weighted by molar-refractivity contribution is 0.432. The second-order valence-corrected chi connectivity index (χ2v) is 6.13. The van der Waals surface area contributed by atoms with Gasteiger partial charge in [0.15, 0.2) is 5.58 Å². The SMILES string of the molecule is CC(C)n1c(=O)oc2cc(-c3noc(-c4cccc(C#N)c4)n3)ccc21. The fourth-order valence-corrected chi connectivity index (χ4v) is 2.84. The summed E-state index contributed by atoms with van der Waals surface area (Å²) in [7, 11) is 0. The molecule has 2 aromatic carbocycles. The minimum absolute atomic E-state index is 0.00112. The molecule has 0 saturated carbocycles. The van der Waals surface area contributed by atoms with Gasteiger partial charge in [-0.05, 0) is 50.2 Å². The number of nitrogens with zero attached hydrogens (tertiary/aromatic N) is 4. The minimum Gasteiger partial charge on any atom is -0.408 e. The standard InChI is InChI=1S/C19H14N4O3/c1-11(2)23-15-7-6-13(9-16(15)25-19(23)24)17-21-18(26-22-17)14-5-3-4-12(8-14)10-20/h3-9,11H,1-2H3. The molecule has 26 heavy (non-hydrogen) atoms. The lowest BCUT2D eigenvalue weighted by atomic mass is 10.1. The summed E-state index contributed by atoms with van der Waals surface area (Å²) in [6.07, 6.45) is 0. The first-order chi connectivity index (χ1) is 12.6. The molecule has 0 bridgehead atoms. The van der Waals surface area contributed by atoms with Crippen molar-refractivity contribution in [1.29, 1.82) is 5.26 Å². The van der Waals surface area contributed by atoms with E-state index < -0.39 is 5.76 Å². The molecule has 4 rings (SSSR count). The van der Waals surface area contributed by atoms with Crippen molar-refractivity contribution in [3.05, 3.63) is 58.6 Å². The maximum atomic E-state index is 12.0. The monoisotopic (exact) mass is 346 g/mol. The Hall–Kier alpha value is -3.66. The number of hydrogen-bond donors (Lipinski definition) is 0. The summed E-state index contributed by atoms with van der Waals surface area (Å²) in [6, 6.07) is 14.4. The smallest absolute Gasteiger partial charge is 0.408 e. The van der Waals surface area contributed by atoms with E-state index in [1.807, 2.05) is 26.0 Å². The molecule has 0 aliphatic heterocycles. The van der Waals surface area contributed by atoms with Gasteiger partial charge in [-0.2, -0.15) is 10.2 Å². The molecular weight excluding hydrogens is 332 g/mol. The van der Waals surface area contributed by atoms with Gasteiger partial charge in [0.25, 0.3) is 5.89 Å². The molecule has 7 nitrogen and oxygen atoms in total. The maximum Gasteiger partial charge on any atom is 0.420 e. The van der Waals surface area contributed by atoms with Gasteiger partial charge in [0.05, 0.1) is 17.1 Å². The number of oxazole rings is 1. The molecule has 4 aromatic rings. The van der Waals surface area contributed by atoms with Crippen LogP contribution < -0.4 is 5.76 Å². The number of hydrogen-bond acceptors (Lipinski definition) is 6. The van der Waals surface area contributed by atoms with Crippen molar-refractivity contribution in [3.8, 4) is 28.9 Å². The van der Waals surface area contributed by atoms with E-state index in [0.717, 1.165) is 5.52 Å². The summed E-state index contributed by atoms with van der Waals surface area (Å²) in [4.78, 5) is 16.4. The third-order valence-corrected chi connectivity index (χ3v) is 4.05. The first kappa shape index (κ1) is 15.8. The second kappa shape index (κ2) is 6.01. The topological polar surface area (TPSA) is 97.9 Å². The molecule has 0 spiro atoms. The van der Waals surface area contributed by atoms with Gasteiger partial charge in [-0.1, -0.05) is 11.2 Å². The van der Waals surface area contributed by atoms with Gasteiger partial charge in [0, 0.05) is 17.2 Å². The molecule has 2 aromatic heterocycles. The number of aromatic nitrogens is 3. The van der Waals surface area contributed by atoms with Crippen molar-refractivity contribution in [2.45, 2.75) is 19.9 Å². The van der Waals surface area contributed by atoms with Crippen LogP contribution in [0.3, 0.4) is 0 Å². The van der Waals surface area contributed by atoms with Crippen molar-refractivity contribution >= 4 is 11.1 Å². The number of rotatable bonds is 3. The van der Waals surface area contributed by atoms with Crippen LogP contribution in [0.5, 0.6) is 0 Å². The molecule has 0 unspecified atom stereocenters. The second-order valence-electron chi connectivity index (χ2n) is 6.13. The third-order valence-electron chi connectivity index (χ3n) is 4.05. The maximum absolute atomic E-state index is 12.0. The number of fused-ring (bicyclic) bond motifs is 1. The van der Waals surface area contributed by atoms with Crippen LogP contribution in [0.4, 0.5) is 0 Å². The van der Waals surface area contributed by atoms with Gasteiger partial charge < -0.3 is 8.94 Å². The average Bonchev–Trinajstić information content (AvgIpc) is 3.24. The molecule has 7 heteroatoms. The van der Waals surface area contributed by atoms with Crippen LogP contribution in [0.1, 0.15) is 25.5 Å².